The minimum Gasteiger partial charge on any atom is -0.457 e. The lowest BCUT2D eigenvalue weighted by molar-refractivity contribution is -0.138. The van der Waals surface area contributed by atoms with E-state index in [0.29, 0.717) is 0 Å². The van der Waals surface area contributed by atoms with E-state index >= 15 is 0 Å². The second-order valence-corrected chi connectivity index (χ2v) is 3.64. The molecule has 1 aromatic carbocycles. The molecule has 0 radical (unpaired) electrons. The van der Waals surface area contributed by atoms with Crippen LogP contribution in [0.1, 0.15) is 11.1 Å². The van der Waals surface area contributed by atoms with Crippen LogP contribution < -0.4 is 0 Å². The monoisotopic (exact) mass is 281 g/mol. The Bertz CT molecular complexity index is 583. The molecule has 0 unspecified atom stereocenters. The standard InChI is InChI=1S/C14H10F3NO2/c1-2-7-20-13(19)11(9-18)8-10-5-3-4-6-12(10)14(15,16)17/h2-6,8H,1,7H2/b11-8-. The fraction of sp³-hybridized carbons (Fsp3) is 0.143. The Morgan fingerprint density at radius 2 is 2.05 bits per heavy atom. The Morgan fingerprint density at radius 3 is 2.60 bits per heavy atom. The molecule has 0 fully saturated rings. The van der Waals surface area contributed by atoms with Gasteiger partial charge in [-0.25, -0.2) is 4.79 Å². The zero-order valence-corrected chi connectivity index (χ0v) is 10.3. The summed E-state index contributed by atoms with van der Waals surface area (Å²) in [6.45, 7) is 3.19. The highest BCUT2D eigenvalue weighted by Crippen LogP contribution is 2.32. The van der Waals surface area contributed by atoms with E-state index in [0.717, 1.165) is 12.1 Å². The van der Waals surface area contributed by atoms with Crippen LogP contribution in [0.25, 0.3) is 6.08 Å². The van der Waals surface area contributed by atoms with Crippen molar-refractivity contribution in [1.82, 2.24) is 0 Å². The third kappa shape index (κ3) is 3.99. The van der Waals surface area contributed by atoms with Gasteiger partial charge in [0.05, 0.1) is 5.56 Å². The summed E-state index contributed by atoms with van der Waals surface area (Å²) in [5, 5.41) is 8.82. The predicted molar refractivity (Wildman–Crippen MR) is 66.2 cm³/mol. The van der Waals surface area contributed by atoms with Gasteiger partial charge in [-0.2, -0.15) is 18.4 Å². The number of hydrogen-bond acceptors (Lipinski definition) is 3. The second kappa shape index (κ2) is 6.57. The van der Waals surface area contributed by atoms with Crippen molar-refractivity contribution in [2.45, 2.75) is 6.18 Å². The molecule has 0 aliphatic heterocycles. The normalized spacial score (nSPS) is 11.6. The van der Waals surface area contributed by atoms with E-state index in [2.05, 4.69) is 11.3 Å². The SMILES string of the molecule is C=CCOC(=O)/C(C#N)=C\c1ccccc1C(F)(F)F. The molecule has 0 aliphatic carbocycles. The molecule has 0 saturated heterocycles. The third-order valence-electron chi connectivity index (χ3n) is 2.24. The number of ether oxygens (including phenoxy) is 1. The van der Waals surface area contributed by atoms with Crippen molar-refractivity contribution in [3.8, 4) is 6.07 Å². The predicted octanol–water partition coefficient (Wildman–Crippen LogP) is 3.34. The average molecular weight is 281 g/mol. The van der Waals surface area contributed by atoms with Crippen molar-refractivity contribution in [3.05, 3.63) is 53.6 Å². The summed E-state index contributed by atoms with van der Waals surface area (Å²) in [6, 6.07) is 6.17. The van der Waals surface area contributed by atoms with Crippen LogP contribution in [-0.4, -0.2) is 12.6 Å². The minimum atomic E-state index is -4.57. The molecule has 0 N–H and O–H groups in total. The van der Waals surface area contributed by atoms with Gasteiger partial charge in [-0.3, -0.25) is 0 Å². The number of halogens is 3. The number of esters is 1. The summed E-state index contributed by atoms with van der Waals surface area (Å²) in [5.41, 5.74) is -1.71. The molecule has 1 rings (SSSR count). The van der Waals surface area contributed by atoms with Crippen molar-refractivity contribution < 1.29 is 22.7 Å². The van der Waals surface area contributed by atoms with Gasteiger partial charge in [0, 0.05) is 0 Å². The molecule has 0 spiro atoms. The number of benzene rings is 1. The maximum atomic E-state index is 12.8. The summed E-state index contributed by atoms with van der Waals surface area (Å²) < 4.78 is 42.9. The zero-order chi connectivity index (χ0) is 15.2. The van der Waals surface area contributed by atoms with Crippen LogP contribution in [0.5, 0.6) is 0 Å². The first-order valence-corrected chi connectivity index (χ1v) is 5.46. The summed E-state index contributed by atoms with van der Waals surface area (Å²) in [6.07, 6.45) is -2.43. The van der Waals surface area contributed by atoms with Gasteiger partial charge in [0.15, 0.2) is 0 Å². The van der Waals surface area contributed by atoms with Gasteiger partial charge in [0.25, 0.3) is 0 Å². The molecule has 3 nitrogen and oxygen atoms in total. The quantitative estimate of drug-likeness (QED) is 0.368. The lowest BCUT2D eigenvalue weighted by Crippen LogP contribution is -2.09. The molecule has 0 aromatic heterocycles. The molecule has 0 atom stereocenters. The molecular formula is C14H10F3NO2. The molecule has 0 saturated carbocycles. The van der Waals surface area contributed by atoms with Crippen LogP contribution in [0.4, 0.5) is 13.2 Å². The van der Waals surface area contributed by atoms with Crippen LogP contribution in [0, 0.1) is 11.3 Å². The Balaban J connectivity index is 3.18. The third-order valence-corrected chi connectivity index (χ3v) is 2.24. The van der Waals surface area contributed by atoms with Crippen LogP contribution in [0.3, 0.4) is 0 Å². The van der Waals surface area contributed by atoms with Gasteiger partial charge in [-0.05, 0) is 17.7 Å². The van der Waals surface area contributed by atoms with E-state index in [1.807, 2.05) is 0 Å². The van der Waals surface area contributed by atoms with Crippen molar-refractivity contribution in [2.24, 2.45) is 0 Å². The maximum absolute atomic E-state index is 12.8. The first-order chi connectivity index (χ1) is 9.40. The molecule has 0 bridgehead atoms. The first kappa shape index (κ1) is 15.5. The molecule has 0 amide bonds. The van der Waals surface area contributed by atoms with Crippen LogP contribution in [0.2, 0.25) is 0 Å². The lowest BCUT2D eigenvalue weighted by atomic mass is 10.0. The van der Waals surface area contributed by atoms with E-state index in [1.54, 1.807) is 0 Å². The zero-order valence-electron chi connectivity index (χ0n) is 10.3. The lowest BCUT2D eigenvalue weighted by Gasteiger charge is -2.10. The summed E-state index contributed by atoms with van der Waals surface area (Å²) in [7, 11) is 0. The number of carbonyl (C=O) groups is 1. The van der Waals surface area contributed by atoms with Crippen LogP contribution in [-0.2, 0) is 15.7 Å². The van der Waals surface area contributed by atoms with E-state index < -0.39 is 23.3 Å². The topological polar surface area (TPSA) is 50.1 Å². The Labute approximate surface area is 113 Å². The van der Waals surface area contributed by atoms with Crippen LogP contribution in [0.15, 0.2) is 42.5 Å². The Morgan fingerprint density at radius 1 is 1.40 bits per heavy atom. The second-order valence-electron chi connectivity index (χ2n) is 3.64. The van der Waals surface area contributed by atoms with E-state index in [4.69, 9.17) is 5.26 Å². The number of hydrogen-bond donors (Lipinski definition) is 0. The van der Waals surface area contributed by atoms with E-state index in [-0.39, 0.29) is 12.2 Å². The van der Waals surface area contributed by atoms with E-state index in [1.165, 1.54) is 30.3 Å². The van der Waals surface area contributed by atoms with Crippen molar-refractivity contribution in [2.75, 3.05) is 6.61 Å². The number of nitrogens with zero attached hydrogens (tertiary/aromatic N) is 1. The summed E-state index contributed by atoms with van der Waals surface area (Å²) in [5.74, 6) is -0.996. The van der Waals surface area contributed by atoms with Crippen molar-refractivity contribution in [1.29, 1.82) is 5.26 Å². The fourth-order valence-electron chi connectivity index (χ4n) is 1.39. The van der Waals surface area contributed by atoms with Crippen LogP contribution >= 0.6 is 0 Å². The van der Waals surface area contributed by atoms with Crippen molar-refractivity contribution >= 4 is 12.0 Å². The van der Waals surface area contributed by atoms with E-state index in [9.17, 15) is 18.0 Å². The summed E-state index contributed by atoms with van der Waals surface area (Å²) in [4.78, 5) is 11.5. The molecule has 1 aromatic rings. The molecule has 0 aliphatic rings. The van der Waals surface area contributed by atoms with Crippen molar-refractivity contribution in [3.63, 3.8) is 0 Å². The van der Waals surface area contributed by atoms with Gasteiger partial charge in [-0.15, -0.1) is 0 Å². The highest BCUT2D eigenvalue weighted by Gasteiger charge is 2.32. The smallest absolute Gasteiger partial charge is 0.416 e. The number of nitriles is 1. The molecule has 20 heavy (non-hydrogen) atoms. The average Bonchev–Trinajstić information content (AvgIpc) is 2.41. The van der Waals surface area contributed by atoms with Gasteiger partial charge >= 0.3 is 12.1 Å². The Kier molecular flexibility index (Phi) is 5.09. The molecular weight excluding hydrogens is 271 g/mol. The minimum absolute atomic E-state index is 0.126. The van der Waals surface area contributed by atoms with Gasteiger partial charge in [0.1, 0.15) is 18.2 Å². The first-order valence-electron chi connectivity index (χ1n) is 5.46. The Hall–Kier alpha value is -2.55. The highest BCUT2D eigenvalue weighted by molar-refractivity contribution is 5.98. The van der Waals surface area contributed by atoms with Gasteiger partial charge < -0.3 is 4.74 Å². The summed E-state index contributed by atoms with van der Waals surface area (Å²) >= 11 is 0. The molecule has 6 heteroatoms. The highest BCUT2D eigenvalue weighted by atomic mass is 19.4. The van der Waals surface area contributed by atoms with Gasteiger partial charge in [-0.1, -0.05) is 30.9 Å². The van der Waals surface area contributed by atoms with Gasteiger partial charge in [0.2, 0.25) is 0 Å². The molecule has 0 heterocycles. The number of carbonyl (C=O) groups excluding carboxylic acids is 1. The molecule has 104 valence electrons. The number of alkyl halides is 3. The largest absolute Gasteiger partial charge is 0.457 e. The maximum Gasteiger partial charge on any atom is 0.416 e. The fourth-order valence-corrected chi connectivity index (χ4v) is 1.39. The number of rotatable bonds is 4.